The van der Waals surface area contributed by atoms with E-state index in [0.717, 1.165) is 12.5 Å². The second-order valence-electron chi connectivity index (χ2n) is 4.30. The highest BCUT2D eigenvalue weighted by Crippen LogP contribution is 2.26. The highest BCUT2D eigenvalue weighted by molar-refractivity contribution is 5.22. The lowest BCUT2D eigenvalue weighted by atomic mass is 9.91. The molecule has 1 aliphatic rings. The van der Waals surface area contributed by atoms with Crippen molar-refractivity contribution in [3.63, 3.8) is 0 Å². The van der Waals surface area contributed by atoms with Gasteiger partial charge in [-0.3, -0.25) is 0 Å². The Morgan fingerprint density at radius 2 is 2.00 bits per heavy atom. The third kappa shape index (κ3) is 2.14. The van der Waals surface area contributed by atoms with Crippen molar-refractivity contribution in [2.24, 2.45) is 5.73 Å². The Balaban J connectivity index is 1.83. The first-order chi connectivity index (χ1) is 6.75. The van der Waals surface area contributed by atoms with Crippen molar-refractivity contribution < 1.29 is 0 Å². The summed E-state index contributed by atoms with van der Waals surface area (Å²) in [6, 6.07) is 11.0. The van der Waals surface area contributed by atoms with Crippen molar-refractivity contribution in [1.82, 2.24) is 4.90 Å². The van der Waals surface area contributed by atoms with Crippen LogP contribution in [-0.4, -0.2) is 30.6 Å². The Bertz CT molecular complexity index is 276. The maximum Gasteiger partial charge on any atom is 0.0139 e. The molecule has 2 nitrogen and oxygen atoms in total. The van der Waals surface area contributed by atoms with Gasteiger partial charge in [0.15, 0.2) is 0 Å². The van der Waals surface area contributed by atoms with Crippen molar-refractivity contribution in [1.29, 1.82) is 0 Å². The molecule has 2 N–H and O–H groups in total. The minimum absolute atomic E-state index is 0.298. The number of hydrogen-bond donors (Lipinski definition) is 1. The van der Waals surface area contributed by atoms with E-state index < -0.39 is 0 Å². The summed E-state index contributed by atoms with van der Waals surface area (Å²) in [6.07, 6.45) is 0. The Kier molecular flexibility index (Phi) is 2.85. The van der Waals surface area contributed by atoms with Crippen LogP contribution in [0, 0.1) is 0 Å². The SMILES string of the molecule is CC(N)CN1CC(c2ccccc2)C1. The van der Waals surface area contributed by atoms with E-state index in [9.17, 15) is 0 Å². The molecule has 2 heteroatoms. The molecule has 1 heterocycles. The van der Waals surface area contributed by atoms with Gasteiger partial charge in [-0.1, -0.05) is 30.3 Å². The van der Waals surface area contributed by atoms with E-state index in [1.165, 1.54) is 18.7 Å². The molecule has 0 amide bonds. The Morgan fingerprint density at radius 3 is 2.57 bits per heavy atom. The average molecular weight is 190 g/mol. The Labute approximate surface area is 85.7 Å². The fourth-order valence-corrected chi connectivity index (χ4v) is 2.06. The van der Waals surface area contributed by atoms with Gasteiger partial charge < -0.3 is 10.6 Å². The minimum atomic E-state index is 0.298. The molecule has 14 heavy (non-hydrogen) atoms. The Hall–Kier alpha value is -0.860. The van der Waals surface area contributed by atoms with Crippen LogP contribution in [0.4, 0.5) is 0 Å². The van der Waals surface area contributed by atoms with Gasteiger partial charge in [-0.2, -0.15) is 0 Å². The summed E-state index contributed by atoms with van der Waals surface area (Å²) >= 11 is 0. The van der Waals surface area contributed by atoms with Crippen LogP contribution in [0.25, 0.3) is 0 Å². The largest absolute Gasteiger partial charge is 0.327 e. The number of hydrogen-bond acceptors (Lipinski definition) is 2. The maximum absolute atomic E-state index is 5.75. The van der Waals surface area contributed by atoms with Gasteiger partial charge in [0, 0.05) is 31.6 Å². The van der Waals surface area contributed by atoms with E-state index in [0.29, 0.717) is 6.04 Å². The van der Waals surface area contributed by atoms with Crippen LogP contribution in [0.5, 0.6) is 0 Å². The molecule has 1 aliphatic heterocycles. The lowest BCUT2D eigenvalue weighted by Gasteiger charge is -2.40. The van der Waals surface area contributed by atoms with E-state index in [1.807, 2.05) is 0 Å². The number of nitrogens with zero attached hydrogens (tertiary/aromatic N) is 1. The predicted molar refractivity (Wildman–Crippen MR) is 59.3 cm³/mol. The molecular formula is C12H18N2. The van der Waals surface area contributed by atoms with Crippen molar-refractivity contribution >= 4 is 0 Å². The topological polar surface area (TPSA) is 29.3 Å². The third-order valence-corrected chi connectivity index (χ3v) is 2.77. The van der Waals surface area contributed by atoms with Crippen LogP contribution >= 0.6 is 0 Å². The summed E-state index contributed by atoms with van der Waals surface area (Å²) in [4.78, 5) is 2.42. The molecule has 1 saturated heterocycles. The van der Waals surface area contributed by atoms with Crippen LogP contribution in [0.1, 0.15) is 18.4 Å². The molecule has 1 aromatic carbocycles. The summed E-state index contributed by atoms with van der Waals surface area (Å²) in [7, 11) is 0. The van der Waals surface area contributed by atoms with Gasteiger partial charge in [0.05, 0.1) is 0 Å². The monoisotopic (exact) mass is 190 g/mol. The Morgan fingerprint density at radius 1 is 1.36 bits per heavy atom. The zero-order chi connectivity index (χ0) is 9.97. The molecule has 0 bridgehead atoms. The summed E-state index contributed by atoms with van der Waals surface area (Å²) in [6.45, 7) is 5.44. The van der Waals surface area contributed by atoms with E-state index >= 15 is 0 Å². The van der Waals surface area contributed by atoms with E-state index in [2.05, 4.69) is 42.2 Å². The molecule has 1 atom stereocenters. The molecule has 1 unspecified atom stereocenters. The highest BCUT2D eigenvalue weighted by Gasteiger charge is 2.27. The van der Waals surface area contributed by atoms with Gasteiger partial charge >= 0.3 is 0 Å². The standard InChI is InChI=1S/C12H18N2/c1-10(13)7-14-8-12(9-14)11-5-3-2-4-6-11/h2-6,10,12H,7-9,13H2,1H3. The molecule has 0 aliphatic carbocycles. The van der Waals surface area contributed by atoms with E-state index in [1.54, 1.807) is 0 Å². The first-order valence-corrected chi connectivity index (χ1v) is 5.28. The quantitative estimate of drug-likeness (QED) is 0.781. The van der Waals surface area contributed by atoms with Gasteiger partial charge in [0.1, 0.15) is 0 Å². The van der Waals surface area contributed by atoms with Crippen LogP contribution in [0.3, 0.4) is 0 Å². The van der Waals surface area contributed by atoms with Crippen molar-refractivity contribution in [3.05, 3.63) is 35.9 Å². The van der Waals surface area contributed by atoms with Gasteiger partial charge in [-0.15, -0.1) is 0 Å². The zero-order valence-electron chi connectivity index (χ0n) is 8.69. The van der Waals surface area contributed by atoms with Crippen LogP contribution < -0.4 is 5.73 Å². The van der Waals surface area contributed by atoms with Gasteiger partial charge in [0.25, 0.3) is 0 Å². The molecule has 76 valence electrons. The van der Waals surface area contributed by atoms with Crippen molar-refractivity contribution in [2.45, 2.75) is 18.9 Å². The van der Waals surface area contributed by atoms with Crippen LogP contribution in [0.2, 0.25) is 0 Å². The molecular weight excluding hydrogens is 172 g/mol. The fraction of sp³-hybridized carbons (Fsp3) is 0.500. The van der Waals surface area contributed by atoms with E-state index in [-0.39, 0.29) is 0 Å². The molecule has 1 aromatic rings. The molecule has 0 radical (unpaired) electrons. The predicted octanol–water partition coefficient (Wildman–Crippen LogP) is 1.43. The van der Waals surface area contributed by atoms with Crippen molar-refractivity contribution in [3.8, 4) is 0 Å². The normalized spacial score (nSPS) is 20.4. The lowest BCUT2D eigenvalue weighted by Crippen LogP contribution is -2.49. The summed E-state index contributed by atoms with van der Waals surface area (Å²) in [5, 5.41) is 0. The average Bonchev–Trinajstić information content (AvgIpc) is 2.12. The third-order valence-electron chi connectivity index (χ3n) is 2.77. The van der Waals surface area contributed by atoms with E-state index in [4.69, 9.17) is 5.73 Å². The summed E-state index contributed by atoms with van der Waals surface area (Å²) in [5.74, 6) is 0.731. The summed E-state index contributed by atoms with van der Waals surface area (Å²) in [5.41, 5.74) is 7.21. The zero-order valence-corrected chi connectivity index (χ0v) is 8.69. The van der Waals surface area contributed by atoms with Gasteiger partial charge in [0.2, 0.25) is 0 Å². The molecule has 0 aromatic heterocycles. The number of rotatable bonds is 3. The van der Waals surface area contributed by atoms with Gasteiger partial charge in [-0.25, -0.2) is 0 Å². The summed E-state index contributed by atoms with van der Waals surface area (Å²) < 4.78 is 0. The van der Waals surface area contributed by atoms with Crippen LogP contribution in [-0.2, 0) is 0 Å². The first-order valence-electron chi connectivity index (χ1n) is 5.28. The number of nitrogens with two attached hydrogens (primary N) is 1. The lowest BCUT2D eigenvalue weighted by molar-refractivity contribution is 0.141. The fourth-order valence-electron chi connectivity index (χ4n) is 2.06. The maximum atomic E-state index is 5.75. The molecule has 0 saturated carbocycles. The molecule has 2 rings (SSSR count). The van der Waals surface area contributed by atoms with Gasteiger partial charge in [-0.05, 0) is 12.5 Å². The van der Waals surface area contributed by atoms with Crippen molar-refractivity contribution in [2.75, 3.05) is 19.6 Å². The smallest absolute Gasteiger partial charge is 0.0139 e. The number of benzene rings is 1. The minimum Gasteiger partial charge on any atom is -0.327 e. The van der Waals surface area contributed by atoms with Crippen LogP contribution in [0.15, 0.2) is 30.3 Å². The molecule has 0 spiro atoms. The second kappa shape index (κ2) is 4.11. The molecule has 1 fully saturated rings. The highest BCUT2D eigenvalue weighted by atomic mass is 15.2. The number of likely N-dealkylation sites (tertiary alicyclic amines) is 1. The second-order valence-corrected chi connectivity index (χ2v) is 4.30. The first kappa shape index (κ1) is 9.69.